The number of anilines is 1. The van der Waals surface area contributed by atoms with E-state index in [1.807, 2.05) is 12.3 Å². The number of carbonyl (C=O) groups excluding carboxylic acids is 1. The molecule has 1 saturated carbocycles. The summed E-state index contributed by atoms with van der Waals surface area (Å²) in [5.74, 6) is 0.649. The van der Waals surface area contributed by atoms with Crippen molar-refractivity contribution in [1.82, 2.24) is 20.3 Å². The molecule has 2 aromatic heterocycles. The van der Waals surface area contributed by atoms with E-state index in [0.717, 1.165) is 30.0 Å². The molecule has 3 atom stereocenters. The van der Waals surface area contributed by atoms with Crippen LogP contribution in [0, 0.1) is 12.8 Å². The summed E-state index contributed by atoms with van der Waals surface area (Å²) in [6.45, 7) is 5.23. The molecule has 0 aliphatic heterocycles. The Kier molecular flexibility index (Phi) is 7.11. The number of nitrogens with one attached hydrogen (secondary N) is 2. The van der Waals surface area contributed by atoms with E-state index in [1.54, 1.807) is 29.8 Å². The molecule has 146 valence electrons. The van der Waals surface area contributed by atoms with E-state index >= 15 is 0 Å². The van der Waals surface area contributed by atoms with Gasteiger partial charge in [0, 0.05) is 30.3 Å². The van der Waals surface area contributed by atoms with Gasteiger partial charge in [-0.15, -0.1) is 11.3 Å². The van der Waals surface area contributed by atoms with E-state index in [-0.39, 0.29) is 24.0 Å². The van der Waals surface area contributed by atoms with Gasteiger partial charge in [-0.1, -0.05) is 6.92 Å². The third-order valence-corrected chi connectivity index (χ3v) is 5.51. The largest absolute Gasteiger partial charge is 0.376 e. The van der Waals surface area contributed by atoms with Crippen LogP contribution in [0.3, 0.4) is 0 Å². The Hall–Kier alpha value is -2.06. The van der Waals surface area contributed by atoms with Gasteiger partial charge in [-0.3, -0.25) is 4.79 Å². The van der Waals surface area contributed by atoms with Crippen LogP contribution in [0.15, 0.2) is 23.8 Å². The van der Waals surface area contributed by atoms with Crippen molar-refractivity contribution >= 4 is 23.2 Å². The molecule has 1 aliphatic carbocycles. The maximum atomic E-state index is 12.6. The van der Waals surface area contributed by atoms with Crippen LogP contribution in [0.4, 0.5) is 5.95 Å². The summed E-state index contributed by atoms with van der Waals surface area (Å²) in [7, 11) is 0. The van der Waals surface area contributed by atoms with Gasteiger partial charge in [0.05, 0.1) is 29.4 Å². The van der Waals surface area contributed by atoms with Crippen LogP contribution in [0.2, 0.25) is 0 Å². The van der Waals surface area contributed by atoms with Gasteiger partial charge in [0.1, 0.15) is 0 Å². The lowest BCUT2D eigenvalue weighted by Gasteiger charge is -2.35. The summed E-state index contributed by atoms with van der Waals surface area (Å²) in [6.07, 6.45) is 6.73. The monoisotopic (exact) mass is 389 g/mol. The molecule has 27 heavy (non-hydrogen) atoms. The minimum absolute atomic E-state index is 0.0280. The Balaban J connectivity index is 1.56. The maximum Gasteiger partial charge on any atom is 0.223 e. The summed E-state index contributed by atoms with van der Waals surface area (Å²) >= 11 is 1.60. The number of ether oxygens (including phenoxy) is 1. The van der Waals surface area contributed by atoms with Crippen molar-refractivity contribution in [3.63, 3.8) is 0 Å². The molecule has 0 bridgehead atoms. The number of rotatable bonds is 8. The van der Waals surface area contributed by atoms with Crippen molar-refractivity contribution in [3.8, 4) is 0 Å². The summed E-state index contributed by atoms with van der Waals surface area (Å²) in [5.41, 5.74) is 0.918. The molecule has 1 amide bonds. The predicted molar refractivity (Wildman–Crippen MR) is 106 cm³/mol. The fourth-order valence-corrected chi connectivity index (χ4v) is 3.95. The molecule has 0 spiro atoms. The molecule has 0 saturated heterocycles. The van der Waals surface area contributed by atoms with Crippen LogP contribution < -0.4 is 10.6 Å². The Morgan fingerprint density at radius 3 is 2.85 bits per heavy atom. The SMILES string of the molecule is CCCO[C@H]1C[C@@H](C(=O)NCc2csc(C)n2)CC[C@@H]1Nc1ncccn1. The second-order valence-electron chi connectivity index (χ2n) is 6.82. The van der Waals surface area contributed by atoms with E-state index < -0.39 is 0 Å². The van der Waals surface area contributed by atoms with E-state index in [9.17, 15) is 4.79 Å². The number of carbonyl (C=O) groups is 1. The summed E-state index contributed by atoms with van der Waals surface area (Å²) in [6, 6.07) is 1.91. The first kappa shape index (κ1) is 19.7. The number of hydrogen-bond donors (Lipinski definition) is 2. The molecule has 0 unspecified atom stereocenters. The molecule has 8 heteroatoms. The van der Waals surface area contributed by atoms with Gasteiger partial charge in [0.2, 0.25) is 11.9 Å². The molecule has 2 heterocycles. The summed E-state index contributed by atoms with van der Waals surface area (Å²) in [5, 5.41) is 9.41. The minimum atomic E-state index is -0.0404. The highest BCUT2D eigenvalue weighted by Crippen LogP contribution is 2.29. The number of thiazole rings is 1. The topological polar surface area (TPSA) is 89.0 Å². The first-order chi connectivity index (χ1) is 13.2. The van der Waals surface area contributed by atoms with E-state index in [4.69, 9.17) is 4.74 Å². The van der Waals surface area contributed by atoms with Gasteiger partial charge in [-0.25, -0.2) is 15.0 Å². The Morgan fingerprint density at radius 1 is 1.33 bits per heavy atom. The first-order valence-corrected chi connectivity index (χ1v) is 10.4. The standard InChI is InChI=1S/C19H27N5O2S/c1-3-9-26-17-10-14(18(25)22-11-15-12-27-13(2)23-15)5-6-16(17)24-19-20-7-4-8-21-19/h4,7-8,12,14,16-17H,3,5-6,9-11H2,1-2H3,(H,22,25)(H,20,21,24)/t14-,16-,17-/m0/s1. The lowest BCUT2D eigenvalue weighted by Crippen LogP contribution is -2.45. The summed E-state index contributed by atoms with van der Waals surface area (Å²) < 4.78 is 6.05. The highest BCUT2D eigenvalue weighted by Gasteiger charge is 2.34. The number of aromatic nitrogens is 3. The molecule has 7 nitrogen and oxygen atoms in total. The average Bonchev–Trinajstić information content (AvgIpc) is 3.11. The van der Waals surface area contributed by atoms with Crippen LogP contribution in [0.5, 0.6) is 0 Å². The van der Waals surface area contributed by atoms with Crippen molar-refractivity contribution in [2.45, 2.75) is 58.2 Å². The van der Waals surface area contributed by atoms with Crippen molar-refractivity contribution in [1.29, 1.82) is 0 Å². The third-order valence-electron chi connectivity index (χ3n) is 4.69. The molecular weight excluding hydrogens is 362 g/mol. The summed E-state index contributed by atoms with van der Waals surface area (Å²) in [4.78, 5) is 25.5. The molecular formula is C19H27N5O2S. The fraction of sp³-hybridized carbons (Fsp3) is 0.579. The van der Waals surface area contributed by atoms with Gasteiger partial charge >= 0.3 is 0 Å². The number of amides is 1. The normalized spacial score (nSPS) is 22.4. The molecule has 1 aliphatic rings. The Bertz CT molecular complexity index is 724. The molecule has 2 aromatic rings. The second-order valence-corrected chi connectivity index (χ2v) is 7.88. The zero-order valence-electron chi connectivity index (χ0n) is 15.9. The molecule has 0 aromatic carbocycles. The highest BCUT2D eigenvalue weighted by molar-refractivity contribution is 7.09. The van der Waals surface area contributed by atoms with Gasteiger partial charge in [-0.2, -0.15) is 0 Å². The number of aryl methyl sites for hydroxylation is 1. The van der Waals surface area contributed by atoms with Crippen LogP contribution in [0.1, 0.15) is 43.3 Å². The lowest BCUT2D eigenvalue weighted by molar-refractivity contribution is -0.128. The maximum absolute atomic E-state index is 12.6. The van der Waals surface area contributed by atoms with Crippen LogP contribution in [-0.2, 0) is 16.1 Å². The Labute approximate surface area is 164 Å². The van der Waals surface area contributed by atoms with Crippen LogP contribution >= 0.6 is 11.3 Å². The van der Waals surface area contributed by atoms with E-state index in [0.29, 0.717) is 25.5 Å². The van der Waals surface area contributed by atoms with Crippen LogP contribution in [-0.4, -0.2) is 39.6 Å². The van der Waals surface area contributed by atoms with Crippen molar-refractivity contribution in [3.05, 3.63) is 34.5 Å². The van der Waals surface area contributed by atoms with Gasteiger partial charge < -0.3 is 15.4 Å². The highest BCUT2D eigenvalue weighted by atomic mass is 32.1. The van der Waals surface area contributed by atoms with Gasteiger partial charge in [0.15, 0.2) is 0 Å². The molecule has 1 fully saturated rings. The van der Waals surface area contributed by atoms with E-state index in [2.05, 4.69) is 32.5 Å². The molecule has 3 rings (SSSR count). The van der Waals surface area contributed by atoms with Crippen molar-refractivity contribution in [2.75, 3.05) is 11.9 Å². The Morgan fingerprint density at radius 2 is 2.15 bits per heavy atom. The second kappa shape index (κ2) is 9.75. The molecule has 0 radical (unpaired) electrons. The van der Waals surface area contributed by atoms with Gasteiger partial charge in [0.25, 0.3) is 0 Å². The predicted octanol–water partition coefficient (Wildman–Crippen LogP) is 2.93. The fourth-order valence-electron chi connectivity index (χ4n) is 3.34. The zero-order valence-corrected chi connectivity index (χ0v) is 16.7. The van der Waals surface area contributed by atoms with Crippen molar-refractivity contribution < 1.29 is 9.53 Å². The van der Waals surface area contributed by atoms with Crippen LogP contribution in [0.25, 0.3) is 0 Å². The van der Waals surface area contributed by atoms with Gasteiger partial charge in [-0.05, 0) is 38.7 Å². The van der Waals surface area contributed by atoms with E-state index in [1.165, 1.54) is 0 Å². The first-order valence-electron chi connectivity index (χ1n) is 9.49. The zero-order chi connectivity index (χ0) is 19.1. The third kappa shape index (κ3) is 5.71. The smallest absolute Gasteiger partial charge is 0.223 e. The quantitative estimate of drug-likeness (QED) is 0.722. The average molecular weight is 390 g/mol. The lowest BCUT2D eigenvalue weighted by atomic mass is 9.83. The molecule has 2 N–H and O–H groups in total. The van der Waals surface area contributed by atoms with Crippen molar-refractivity contribution in [2.24, 2.45) is 5.92 Å². The minimum Gasteiger partial charge on any atom is -0.376 e. The number of hydrogen-bond acceptors (Lipinski definition) is 7. The number of nitrogens with zero attached hydrogens (tertiary/aromatic N) is 3.